The highest BCUT2D eigenvalue weighted by Gasteiger charge is 2.48. The van der Waals surface area contributed by atoms with E-state index >= 15 is 0 Å². The van der Waals surface area contributed by atoms with Gasteiger partial charge in [0.25, 0.3) is 0 Å². The summed E-state index contributed by atoms with van der Waals surface area (Å²) < 4.78 is 5.52. The van der Waals surface area contributed by atoms with E-state index in [2.05, 4.69) is 53.1 Å². The SMILES string of the molecule is COc1ccccc1CNCC(NC1C2CC3CC(C2)CC1C3)c1ccccc1.Cl.Cl. The lowest BCUT2D eigenvalue weighted by atomic mass is 9.54. The number of methoxy groups -OCH3 is 1. The molecular formula is C26H36Cl2N2O. The molecule has 3 nitrogen and oxygen atoms in total. The minimum Gasteiger partial charge on any atom is -0.496 e. The molecule has 0 amide bonds. The Morgan fingerprint density at radius 1 is 0.839 bits per heavy atom. The van der Waals surface area contributed by atoms with E-state index in [1.165, 1.54) is 43.2 Å². The van der Waals surface area contributed by atoms with Gasteiger partial charge in [-0.25, -0.2) is 0 Å². The average molecular weight is 463 g/mol. The molecule has 0 heterocycles. The van der Waals surface area contributed by atoms with E-state index in [-0.39, 0.29) is 24.8 Å². The molecule has 0 spiro atoms. The van der Waals surface area contributed by atoms with Gasteiger partial charge in [0.15, 0.2) is 0 Å². The first kappa shape index (κ1) is 24.4. The van der Waals surface area contributed by atoms with Gasteiger partial charge in [-0.3, -0.25) is 0 Å². The molecule has 4 bridgehead atoms. The molecule has 4 aliphatic carbocycles. The van der Waals surface area contributed by atoms with Crippen molar-refractivity contribution in [1.29, 1.82) is 0 Å². The third-order valence-electron chi connectivity index (χ3n) is 7.68. The van der Waals surface area contributed by atoms with Crippen molar-refractivity contribution in [2.24, 2.45) is 23.7 Å². The van der Waals surface area contributed by atoms with Crippen molar-refractivity contribution in [3.8, 4) is 5.75 Å². The molecule has 0 radical (unpaired) electrons. The minimum absolute atomic E-state index is 0. The van der Waals surface area contributed by atoms with Crippen LogP contribution in [0.25, 0.3) is 0 Å². The van der Waals surface area contributed by atoms with Crippen molar-refractivity contribution in [3.05, 3.63) is 65.7 Å². The van der Waals surface area contributed by atoms with E-state index in [4.69, 9.17) is 4.74 Å². The first-order valence-electron chi connectivity index (χ1n) is 11.4. The van der Waals surface area contributed by atoms with Crippen LogP contribution in [0.15, 0.2) is 54.6 Å². The van der Waals surface area contributed by atoms with Gasteiger partial charge < -0.3 is 15.4 Å². The van der Waals surface area contributed by atoms with Crippen molar-refractivity contribution < 1.29 is 4.74 Å². The summed E-state index contributed by atoms with van der Waals surface area (Å²) in [7, 11) is 1.75. The van der Waals surface area contributed by atoms with Crippen molar-refractivity contribution in [2.75, 3.05) is 13.7 Å². The van der Waals surface area contributed by atoms with Gasteiger partial charge in [0.2, 0.25) is 0 Å². The smallest absolute Gasteiger partial charge is 0.123 e. The first-order chi connectivity index (χ1) is 14.3. The van der Waals surface area contributed by atoms with Crippen LogP contribution in [0, 0.1) is 23.7 Å². The Kier molecular flexibility index (Phi) is 8.69. The molecule has 2 N–H and O–H groups in total. The quantitative estimate of drug-likeness (QED) is 0.520. The second-order valence-corrected chi connectivity index (χ2v) is 9.53. The Labute approximate surface area is 199 Å². The Morgan fingerprint density at radius 3 is 2.10 bits per heavy atom. The van der Waals surface area contributed by atoms with E-state index in [1.807, 2.05) is 12.1 Å². The fourth-order valence-electron chi connectivity index (χ4n) is 6.59. The zero-order chi connectivity index (χ0) is 19.6. The third-order valence-corrected chi connectivity index (χ3v) is 7.68. The van der Waals surface area contributed by atoms with Crippen molar-refractivity contribution in [1.82, 2.24) is 10.6 Å². The monoisotopic (exact) mass is 462 g/mol. The molecule has 1 atom stereocenters. The highest BCUT2D eigenvalue weighted by molar-refractivity contribution is 5.85. The largest absolute Gasteiger partial charge is 0.496 e. The lowest BCUT2D eigenvalue weighted by Crippen LogP contribution is -2.56. The van der Waals surface area contributed by atoms with E-state index < -0.39 is 0 Å². The van der Waals surface area contributed by atoms with Gasteiger partial charge in [-0.2, -0.15) is 0 Å². The Bertz CT molecular complexity index is 788. The Balaban J connectivity index is 0.00000136. The highest BCUT2D eigenvalue weighted by Crippen LogP contribution is 2.54. The van der Waals surface area contributed by atoms with Gasteiger partial charge in [-0.05, 0) is 67.4 Å². The van der Waals surface area contributed by atoms with Crippen LogP contribution in [0.3, 0.4) is 0 Å². The molecule has 0 aromatic heterocycles. The number of nitrogens with one attached hydrogen (secondary N) is 2. The topological polar surface area (TPSA) is 33.3 Å². The Morgan fingerprint density at radius 2 is 1.45 bits per heavy atom. The molecule has 4 fully saturated rings. The number of para-hydroxylation sites is 1. The maximum absolute atomic E-state index is 5.52. The Hall–Kier alpha value is -1.26. The highest BCUT2D eigenvalue weighted by atomic mass is 35.5. The lowest BCUT2D eigenvalue weighted by Gasteiger charge is -2.55. The minimum atomic E-state index is 0. The summed E-state index contributed by atoms with van der Waals surface area (Å²) in [6, 6.07) is 20.4. The van der Waals surface area contributed by atoms with Gasteiger partial charge in [0.1, 0.15) is 5.75 Å². The second-order valence-electron chi connectivity index (χ2n) is 9.53. The maximum Gasteiger partial charge on any atom is 0.123 e. The summed E-state index contributed by atoms with van der Waals surface area (Å²) in [5.74, 6) is 4.80. The molecule has 0 aliphatic heterocycles. The summed E-state index contributed by atoms with van der Waals surface area (Å²) in [6.45, 7) is 1.77. The average Bonchev–Trinajstić information content (AvgIpc) is 2.75. The lowest BCUT2D eigenvalue weighted by molar-refractivity contribution is -0.0178. The number of benzene rings is 2. The normalized spacial score (nSPS) is 29.0. The third kappa shape index (κ3) is 5.39. The summed E-state index contributed by atoms with van der Waals surface area (Å²) >= 11 is 0. The zero-order valence-electron chi connectivity index (χ0n) is 18.3. The van der Waals surface area contributed by atoms with E-state index in [0.29, 0.717) is 12.1 Å². The van der Waals surface area contributed by atoms with Gasteiger partial charge in [0, 0.05) is 30.7 Å². The van der Waals surface area contributed by atoms with Gasteiger partial charge in [0.05, 0.1) is 7.11 Å². The van der Waals surface area contributed by atoms with Crippen LogP contribution in [0.4, 0.5) is 0 Å². The molecule has 2 aromatic rings. The van der Waals surface area contributed by atoms with Crippen LogP contribution in [0.2, 0.25) is 0 Å². The zero-order valence-corrected chi connectivity index (χ0v) is 20.0. The maximum atomic E-state index is 5.52. The van der Waals surface area contributed by atoms with Crippen molar-refractivity contribution in [3.63, 3.8) is 0 Å². The second kappa shape index (κ2) is 11.0. The molecule has 31 heavy (non-hydrogen) atoms. The molecule has 5 heteroatoms. The van der Waals surface area contributed by atoms with Gasteiger partial charge in [-0.1, -0.05) is 48.5 Å². The van der Waals surface area contributed by atoms with Crippen LogP contribution in [0.1, 0.15) is 49.3 Å². The summed E-state index contributed by atoms with van der Waals surface area (Å²) in [5.41, 5.74) is 2.62. The molecular weight excluding hydrogens is 427 g/mol. The number of halogens is 2. The van der Waals surface area contributed by atoms with Gasteiger partial charge >= 0.3 is 0 Å². The fraction of sp³-hybridized carbons (Fsp3) is 0.538. The van der Waals surface area contributed by atoms with Crippen LogP contribution in [-0.4, -0.2) is 19.7 Å². The van der Waals surface area contributed by atoms with Crippen molar-refractivity contribution >= 4 is 24.8 Å². The standard InChI is InChI=1S/C26H34N2O.2ClH/c1-29-25-10-6-5-9-21(25)16-27-17-24(20-7-3-2-4-8-20)28-26-22-12-18-11-19(14-22)15-23(26)13-18;;/h2-10,18-19,22-24,26-28H,11-17H2,1H3;2*1H. The number of ether oxygens (including phenoxy) is 1. The molecule has 4 saturated carbocycles. The number of rotatable bonds is 8. The number of hydrogen-bond acceptors (Lipinski definition) is 3. The molecule has 2 aromatic carbocycles. The predicted molar refractivity (Wildman–Crippen MR) is 132 cm³/mol. The molecule has 170 valence electrons. The summed E-state index contributed by atoms with van der Waals surface area (Å²) in [5, 5.41) is 7.84. The van der Waals surface area contributed by atoms with Crippen LogP contribution in [-0.2, 0) is 6.54 Å². The summed E-state index contributed by atoms with van der Waals surface area (Å²) in [4.78, 5) is 0. The van der Waals surface area contributed by atoms with Crippen LogP contribution in [0.5, 0.6) is 5.75 Å². The predicted octanol–water partition coefficient (Wildman–Crippen LogP) is 5.78. The number of hydrogen-bond donors (Lipinski definition) is 2. The first-order valence-corrected chi connectivity index (χ1v) is 11.4. The molecule has 4 aliphatic rings. The van der Waals surface area contributed by atoms with Crippen LogP contribution < -0.4 is 15.4 Å². The molecule has 1 unspecified atom stereocenters. The fourth-order valence-corrected chi connectivity index (χ4v) is 6.59. The van der Waals surface area contributed by atoms with E-state index in [0.717, 1.165) is 42.5 Å². The molecule has 0 saturated heterocycles. The van der Waals surface area contributed by atoms with Crippen LogP contribution >= 0.6 is 24.8 Å². The van der Waals surface area contributed by atoms with Gasteiger partial charge in [-0.15, -0.1) is 24.8 Å². The van der Waals surface area contributed by atoms with Crippen molar-refractivity contribution in [2.45, 2.75) is 50.7 Å². The summed E-state index contributed by atoms with van der Waals surface area (Å²) in [6.07, 6.45) is 7.35. The molecule has 6 rings (SSSR count). The van der Waals surface area contributed by atoms with E-state index in [9.17, 15) is 0 Å². The van der Waals surface area contributed by atoms with E-state index in [1.54, 1.807) is 7.11 Å².